The molecular formula is C24H19ClFNO2. The van der Waals surface area contributed by atoms with Gasteiger partial charge in [0.15, 0.2) is 11.5 Å². The number of benzene rings is 3. The van der Waals surface area contributed by atoms with Gasteiger partial charge in [-0.15, -0.1) is 0 Å². The monoisotopic (exact) mass is 407 g/mol. The lowest BCUT2D eigenvalue weighted by Gasteiger charge is -2.14. The van der Waals surface area contributed by atoms with Crippen molar-refractivity contribution in [2.45, 2.75) is 13.5 Å². The summed E-state index contributed by atoms with van der Waals surface area (Å²) in [6, 6.07) is 19.6. The van der Waals surface area contributed by atoms with Gasteiger partial charge in [-0.2, -0.15) is 5.26 Å². The van der Waals surface area contributed by atoms with Gasteiger partial charge in [-0.25, -0.2) is 4.39 Å². The zero-order valence-corrected chi connectivity index (χ0v) is 16.8. The van der Waals surface area contributed by atoms with Crippen molar-refractivity contribution in [2.75, 3.05) is 7.11 Å². The summed E-state index contributed by atoms with van der Waals surface area (Å²) in [6.45, 7) is 2.14. The van der Waals surface area contributed by atoms with Gasteiger partial charge in [0.25, 0.3) is 0 Å². The summed E-state index contributed by atoms with van der Waals surface area (Å²) in [5, 5.41) is 9.90. The number of hydrogen-bond acceptors (Lipinski definition) is 3. The van der Waals surface area contributed by atoms with Gasteiger partial charge in [-0.05, 0) is 54.0 Å². The molecule has 0 amide bonds. The van der Waals surface area contributed by atoms with Crippen LogP contribution in [0.25, 0.3) is 11.6 Å². The lowest BCUT2D eigenvalue weighted by molar-refractivity contribution is 0.284. The molecule has 5 heteroatoms. The largest absolute Gasteiger partial charge is 0.493 e. The number of nitriles is 1. The fourth-order valence-electron chi connectivity index (χ4n) is 2.83. The Morgan fingerprint density at radius 3 is 2.55 bits per heavy atom. The van der Waals surface area contributed by atoms with E-state index in [-0.39, 0.29) is 12.4 Å². The smallest absolute Gasteiger partial charge is 0.180 e. The van der Waals surface area contributed by atoms with Gasteiger partial charge < -0.3 is 9.47 Å². The van der Waals surface area contributed by atoms with E-state index in [0.717, 1.165) is 11.1 Å². The average molecular weight is 408 g/mol. The van der Waals surface area contributed by atoms with Gasteiger partial charge in [0, 0.05) is 0 Å². The predicted octanol–water partition coefficient (Wildman–Crippen LogP) is 6.44. The van der Waals surface area contributed by atoms with Crippen molar-refractivity contribution < 1.29 is 13.9 Å². The highest BCUT2D eigenvalue weighted by Crippen LogP contribution is 2.38. The molecule has 0 aromatic heterocycles. The summed E-state index contributed by atoms with van der Waals surface area (Å²) in [6.07, 6.45) is 1.75. The fraction of sp³-hybridized carbons (Fsp3) is 0.125. The van der Waals surface area contributed by atoms with E-state index in [2.05, 4.69) is 6.07 Å². The first kappa shape index (κ1) is 20.4. The number of aryl methyl sites for hydroxylation is 1. The molecular weight excluding hydrogens is 389 g/mol. The fourth-order valence-corrected chi connectivity index (χ4v) is 3.10. The van der Waals surface area contributed by atoms with E-state index < -0.39 is 0 Å². The molecule has 0 atom stereocenters. The Morgan fingerprint density at radius 1 is 1.14 bits per heavy atom. The van der Waals surface area contributed by atoms with Crippen molar-refractivity contribution in [1.29, 1.82) is 5.26 Å². The molecule has 3 aromatic carbocycles. The van der Waals surface area contributed by atoms with Gasteiger partial charge in [0.1, 0.15) is 12.4 Å². The predicted molar refractivity (Wildman–Crippen MR) is 113 cm³/mol. The summed E-state index contributed by atoms with van der Waals surface area (Å²) < 4.78 is 24.5. The Balaban J connectivity index is 1.89. The summed E-state index contributed by atoms with van der Waals surface area (Å²) >= 11 is 6.41. The summed E-state index contributed by atoms with van der Waals surface area (Å²) in [5.41, 5.74) is 3.84. The summed E-state index contributed by atoms with van der Waals surface area (Å²) in [4.78, 5) is 0. The van der Waals surface area contributed by atoms with Gasteiger partial charge in [0.2, 0.25) is 0 Å². The number of nitrogens with zero attached hydrogens (tertiary/aromatic N) is 1. The van der Waals surface area contributed by atoms with Crippen molar-refractivity contribution in [1.82, 2.24) is 0 Å². The van der Waals surface area contributed by atoms with Crippen LogP contribution in [0.2, 0.25) is 5.02 Å². The molecule has 0 fully saturated rings. The maximum Gasteiger partial charge on any atom is 0.180 e. The number of ether oxygens (including phenoxy) is 2. The van der Waals surface area contributed by atoms with Crippen LogP contribution < -0.4 is 9.47 Å². The van der Waals surface area contributed by atoms with Crippen LogP contribution in [0.1, 0.15) is 22.3 Å². The van der Waals surface area contributed by atoms with Crippen LogP contribution in [-0.4, -0.2) is 7.11 Å². The highest BCUT2D eigenvalue weighted by molar-refractivity contribution is 6.32. The standard InChI is InChI=1S/C24H19ClFNO2/c1-16-6-8-19(9-7-16)20(14-27)10-18-12-22(25)24(23(13-18)28-2)29-15-17-4-3-5-21(26)11-17/h3-13H,15H2,1-2H3/b20-10+. The Morgan fingerprint density at radius 2 is 1.90 bits per heavy atom. The Kier molecular flexibility index (Phi) is 6.54. The molecule has 0 saturated carbocycles. The van der Waals surface area contributed by atoms with Crippen molar-refractivity contribution in [3.05, 3.63) is 93.8 Å². The second-order valence-electron chi connectivity index (χ2n) is 6.49. The average Bonchev–Trinajstić information content (AvgIpc) is 2.71. The van der Waals surface area contributed by atoms with Crippen LogP contribution in [0.5, 0.6) is 11.5 Å². The van der Waals surface area contributed by atoms with Crippen molar-refractivity contribution >= 4 is 23.3 Å². The van der Waals surface area contributed by atoms with Crippen molar-refractivity contribution in [3.63, 3.8) is 0 Å². The molecule has 3 nitrogen and oxygen atoms in total. The minimum Gasteiger partial charge on any atom is -0.493 e. The first-order valence-corrected chi connectivity index (χ1v) is 9.31. The van der Waals surface area contributed by atoms with Crippen molar-refractivity contribution in [2.24, 2.45) is 0 Å². The third-order valence-corrected chi connectivity index (χ3v) is 4.60. The second kappa shape index (κ2) is 9.27. The third kappa shape index (κ3) is 5.16. The number of hydrogen-bond donors (Lipinski definition) is 0. The SMILES string of the molecule is COc1cc(/C=C(\C#N)c2ccc(C)cc2)cc(Cl)c1OCc1cccc(F)c1. The van der Waals surface area contributed by atoms with Crippen LogP contribution in [0.15, 0.2) is 60.7 Å². The topological polar surface area (TPSA) is 42.2 Å². The molecule has 0 aliphatic carbocycles. The molecule has 0 aliphatic rings. The minimum absolute atomic E-state index is 0.149. The first-order valence-electron chi connectivity index (χ1n) is 8.94. The van der Waals surface area contributed by atoms with Gasteiger partial charge in [0.05, 0.1) is 23.8 Å². The minimum atomic E-state index is -0.329. The number of rotatable bonds is 6. The third-order valence-electron chi connectivity index (χ3n) is 4.32. The van der Waals surface area contributed by atoms with Crippen LogP contribution in [-0.2, 0) is 6.61 Å². The molecule has 0 N–H and O–H groups in total. The van der Waals surface area contributed by atoms with Crippen molar-refractivity contribution in [3.8, 4) is 17.6 Å². The molecule has 0 aliphatic heterocycles. The van der Waals surface area contributed by atoms with Gasteiger partial charge in [-0.1, -0.05) is 53.6 Å². The molecule has 3 rings (SSSR count). The summed E-state index contributed by atoms with van der Waals surface area (Å²) in [7, 11) is 1.51. The van der Waals surface area contributed by atoms with Crippen LogP contribution >= 0.6 is 11.6 Å². The molecule has 0 spiro atoms. The van der Waals surface area contributed by atoms with Gasteiger partial charge in [-0.3, -0.25) is 0 Å². The Labute approximate surface area is 174 Å². The van der Waals surface area contributed by atoms with E-state index in [9.17, 15) is 9.65 Å². The maximum atomic E-state index is 13.3. The van der Waals surface area contributed by atoms with E-state index in [1.54, 1.807) is 30.3 Å². The molecule has 0 bridgehead atoms. The molecule has 0 unspecified atom stereocenters. The lowest BCUT2D eigenvalue weighted by atomic mass is 10.0. The normalized spacial score (nSPS) is 11.1. The van der Waals surface area contributed by atoms with E-state index in [4.69, 9.17) is 21.1 Å². The lowest BCUT2D eigenvalue weighted by Crippen LogP contribution is -1.99. The quantitative estimate of drug-likeness (QED) is 0.349. The number of methoxy groups -OCH3 is 1. The molecule has 0 radical (unpaired) electrons. The molecule has 146 valence electrons. The molecule has 29 heavy (non-hydrogen) atoms. The Hall–Kier alpha value is -3.29. The maximum absolute atomic E-state index is 13.3. The molecule has 3 aromatic rings. The molecule has 0 saturated heterocycles. The van der Waals surface area contributed by atoms with Crippen LogP contribution in [0.4, 0.5) is 4.39 Å². The summed E-state index contributed by atoms with van der Waals surface area (Å²) in [5.74, 6) is 0.468. The Bertz CT molecular complexity index is 1090. The van der Waals surface area contributed by atoms with E-state index in [1.165, 1.54) is 19.2 Å². The number of halogens is 2. The van der Waals surface area contributed by atoms with E-state index >= 15 is 0 Å². The first-order chi connectivity index (χ1) is 14.0. The highest BCUT2D eigenvalue weighted by atomic mass is 35.5. The number of allylic oxidation sites excluding steroid dienone is 1. The van der Waals surface area contributed by atoms with Crippen LogP contribution in [0.3, 0.4) is 0 Å². The van der Waals surface area contributed by atoms with E-state index in [1.807, 2.05) is 31.2 Å². The zero-order valence-electron chi connectivity index (χ0n) is 16.1. The van der Waals surface area contributed by atoms with Crippen LogP contribution in [0, 0.1) is 24.1 Å². The second-order valence-corrected chi connectivity index (χ2v) is 6.90. The van der Waals surface area contributed by atoms with Gasteiger partial charge >= 0.3 is 0 Å². The highest BCUT2D eigenvalue weighted by Gasteiger charge is 2.13. The van der Waals surface area contributed by atoms with E-state index in [0.29, 0.717) is 33.2 Å². The zero-order chi connectivity index (χ0) is 20.8. The molecule has 0 heterocycles.